The molecule has 2 rings (SSSR count). The van der Waals surface area contributed by atoms with Crippen molar-refractivity contribution < 1.29 is 9.90 Å². The van der Waals surface area contributed by atoms with E-state index < -0.39 is 11.4 Å². The third-order valence-electron chi connectivity index (χ3n) is 3.25. The van der Waals surface area contributed by atoms with Crippen molar-refractivity contribution in [1.29, 1.82) is 0 Å². The van der Waals surface area contributed by atoms with Crippen LogP contribution < -0.4 is 0 Å². The molecule has 1 N–H and O–H groups in total. The van der Waals surface area contributed by atoms with Crippen LogP contribution >= 0.6 is 15.9 Å². The topological polar surface area (TPSA) is 42.2 Å². The molecule has 0 saturated carbocycles. The van der Waals surface area contributed by atoms with Gasteiger partial charge in [-0.05, 0) is 38.0 Å². The van der Waals surface area contributed by atoms with Crippen LogP contribution in [0.4, 0.5) is 0 Å². The zero-order valence-corrected chi connectivity index (χ0v) is 12.3. The lowest BCUT2D eigenvalue weighted by atomic mass is 9.86. The molecule has 0 aliphatic carbocycles. The Kier molecular flexibility index (Phi) is 3.23. The molecule has 1 aromatic carbocycles. The van der Waals surface area contributed by atoms with Crippen LogP contribution in [0.25, 0.3) is 10.9 Å². The second kappa shape index (κ2) is 4.43. The number of aryl methyl sites for hydroxylation is 1. The van der Waals surface area contributed by atoms with Crippen molar-refractivity contribution in [3.8, 4) is 0 Å². The number of aliphatic carboxylic acids is 1. The number of rotatable bonds is 3. The third kappa shape index (κ3) is 2.17. The second-order valence-electron chi connectivity index (χ2n) is 5.27. The summed E-state index contributed by atoms with van der Waals surface area (Å²) in [6.07, 6.45) is 2.53. The summed E-state index contributed by atoms with van der Waals surface area (Å²) in [5.74, 6) is -0.772. The van der Waals surface area contributed by atoms with Crippen molar-refractivity contribution in [3.05, 3.63) is 34.4 Å². The highest BCUT2D eigenvalue weighted by molar-refractivity contribution is 9.10. The maximum absolute atomic E-state index is 11.2. The van der Waals surface area contributed by atoms with E-state index in [1.807, 2.05) is 36.0 Å². The van der Waals surface area contributed by atoms with Crippen LogP contribution in [-0.2, 0) is 18.3 Å². The molecule has 0 fully saturated rings. The summed E-state index contributed by atoms with van der Waals surface area (Å²) < 4.78 is 3.05. The van der Waals surface area contributed by atoms with E-state index in [1.54, 1.807) is 13.8 Å². The van der Waals surface area contributed by atoms with Crippen LogP contribution in [0.5, 0.6) is 0 Å². The fourth-order valence-corrected chi connectivity index (χ4v) is 2.79. The number of halogens is 1. The third-order valence-corrected chi connectivity index (χ3v) is 3.91. The first-order valence-corrected chi connectivity index (χ1v) is 6.58. The van der Waals surface area contributed by atoms with Crippen LogP contribution in [0.3, 0.4) is 0 Å². The summed E-state index contributed by atoms with van der Waals surface area (Å²) in [6, 6.07) is 6.01. The number of benzene rings is 1. The molecule has 0 saturated heterocycles. The lowest BCUT2D eigenvalue weighted by Crippen LogP contribution is -2.26. The van der Waals surface area contributed by atoms with E-state index >= 15 is 0 Å². The van der Waals surface area contributed by atoms with Gasteiger partial charge in [-0.1, -0.05) is 22.0 Å². The Hall–Kier alpha value is -1.29. The number of hydrogen-bond acceptors (Lipinski definition) is 1. The highest BCUT2D eigenvalue weighted by Gasteiger charge is 2.29. The molecular weight excluding hydrogens is 294 g/mol. The molecule has 96 valence electrons. The van der Waals surface area contributed by atoms with E-state index in [-0.39, 0.29) is 0 Å². The number of carbonyl (C=O) groups is 1. The molecule has 0 aliphatic rings. The second-order valence-corrected chi connectivity index (χ2v) is 6.12. The first-order chi connectivity index (χ1) is 8.33. The first-order valence-electron chi connectivity index (χ1n) is 5.79. The van der Waals surface area contributed by atoms with Gasteiger partial charge in [0.25, 0.3) is 0 Å². The zero-order valence-electron chi connectivity index (χ0n) is 10.7. The summed E-state index contributed by atoms with van der Waals surface area (Å²) in [6.45, 7) is 3.51. The number of carboxylic acids is 1. The van der Waals surface area contributed by atoms with E-state index in [0.717, 1.165) is 20.9 Å². The van der Waals surface area contributed by atoms with E-state index in [4.69, 9.17) is 0 Å². The lowest BCUT2D eigenvalue weighted by molar-refractivity contribution is -0.146. The fraction of sp³-hybridized carbons (Fsp3) is 0.357. The molecule has 0 amide bonds. The quantitative estimate of drug-likeness (QED) is 0.941. The Morgan fingerprint density at radius 2 is 2.11 bits per heavy atom. The minimum absolute atomic E-state index is 0.516. The van der Waals surface area contributed by atoms with Gasteiger partial charge in [-0.15, -0.1) is 0 Å². The molecule has 3 nitrogen and oxygen atoms in total. The molecule has 1 heterocycles. The van der Waals surface area contributed by atoms with Crippen molar-refractivity contribution in [2.75, 3.05) is 0 Å². The van der Waals surface area contributed by atoms with Gasteiger partial charge in [-0.2, -0.15) is 0 Å². The van der Waals surface area contributed by atoms with Gasteiger partial charge in [0.15, 0.2) is 0 Å². The average Bonchev–Trinajstić information content (AvgIpc) is 2.56. The van der Waals surface area contributed by atoms with Crippen LogP contribution in [0.1, 0.15) is 19.4 Å². The van der Waals surface area contributed by atoms with E-state index in [0.29, 0.717) is 6.42 Å². The Balaban J connectivity index is 2.56. The normalized spacial score (nSPS) is 12.0. The Morgan fingerprint density at radius 1 is 1.44 bits per heavy atom. The summed E-state index contributed by atoms with van der Waals surface area (Å²) >= 11 is 3.54. The Labute approximate surface area is 115 Å². The van der Waals surface area contributed by atoms with Crippen molar-refractivity contribution in [2.24, 2.45) is 12.5 Å². The SMILES string of the molecule is Cn1cc(CC(C)(C)C(=O)O)c2c(Br)cccc21. The van der Waals surface area contributed by atoms with E-state index in [1.165, 1.54) is 0 Å². The van der Waals surface area contributed by atoms with Gasteiger partial charge in [0.2, 0.25) is 0 Å². The Morgan fingerprint density at radius 3 is 2.72 bits per heavy atom. The van der Waals surface area contributed by atoms with Crippen molar-refractivity contribution in [2.45, 2.75) is 20.3 Å². The van der Waals surface area contributed by atoms with Gasteiger partial charge >= 0.3 is 5.97 Å². The van der Waals surface area contributed by atoms with Gasteiger partial charge in [-0.25, -0.2) is 0 Å². The van der Waals surface area contributed by atoms with Crippen molar-refractivity contribution >= 4 is 32.8 Å². The van der Waals surface area contributed by atoms with Crippen LogP contribution in [0, 0.1) is 5.41 Å². The summed E-state index contributed by atoms with van der Waals surface area (Å²) in [7, 11) is 1.98. The molecule has 1 aromatic heterocycles. The number of aromatic nitrogens is 1. The molecule has 0 atom stereocenters. The van der Waals surface area contributed by atoms with Crippen LogP contribution in [-0.4, -0.2) is 15.6 Å². The van der Waals surface area contributed by atoms with Crippen LogP contribution in [0.15, 0.2) is 28.9 Å². The zero-order chi connectivity index (χ0) is 13.5. The molecule has 2 aromatic rings. The smallest absolute Gasteiger partial charge is 0.309 e. The molecule has 18 heavy (non-hydrogen) atoms. The number of nitrogens with zero attached hydrogens (tertiary/aromatic N) is 1. The molecule has 0 spiro atoms. The monoisotopic (exact) mass is 309 g/mol. The van der Waals surface area contributed by atoms with Gasteiger partial charge in [0.1, 0.15) is 0 Å². The molecular formula is C14H16BrNO2. The van der Waals surface area contributed by atoms with E-state index in [2.05, 4.69) is 15.9 Å². The number of hydrogen-bond donors (Lipinski definition) is 1. The number of fused-ring (bicyclic) bond motifs is 1. The van der Waals surface area contributed by atoms with Crippen molar-refractivity contribution in [1.82, 2.24) is 4.57 Å². The van der Waals surface area contributed by atoms with Crippen molar-refractivity contribution in [3.63, 3.8) is 0 Å². The Bertz CT molecular complexity index is 614. The minimum atomic E-state index is -0.772. The van der Waals surface area contributed by atoms with Gasteiger partial charge in [0.05, 0.1) is 5.41 Å². The molecule has 0 unspecified atom stereocenters. The van der Waals surface area contributed by atoms with Gasteiger partial charge in [-0.3, -0.25) is 4.79 Å². The first kappa shape index (κ1) is 13.1. The summed E-state index contributed by atoms with van der Waals surface area (Å²) in [4.78, 5) is 11.2. The number of carboxylic acid groups (broad SMARTS) is 1. The molecule has 0 aliphatic heterocycles. The predicted octanol–water partition coefficient (Wildman–Crippen LogP) is 3.59. The summed E-state index contributed by atoms with van der Waals surface area (Å²) in [5, 5.41) is 10.3. The summed E-state index contributed by atoms with van der Waals surface area (Å²) in [5.41, 5.74) is 1.41. The molecule has 0 radical (unpaired) electrons. The van der Waals surface area contributed by atoms with Gasteiger partial charge in [0, 0.05) is 28.6 Å². The van der Waals surface area contributed by atoms with Crippen LogP contribution in [0.2, 0.25) is 0 Å². The average molecular weight is 310 g/mol. The maximum Gasteiger partial charge on any atom is 0.309 e. The molecule has 0 bridgehead atoms. The van der Waals surface area contributed by atoms with E-state index in [9.17, 15) is 9.90 Å². The molecule has 4 heteroatoms. The lowest BCUT2D eigenvalue weighted by Gasteiger charge is -2.18. The predicted molar refractivity (Wildman–Crippen MR) is 75.7 cm³/mol. The van der Waals surface area contributed by atoms with Gasteiger partial charge < -0.3 is 9.67 Å². The fourth-order valence-electron chi connectivity index (χ4n) is 2.18. The largest absolute Gasteiger partial charge is 0.481 e. The highest BCUT2D eigenvalue weighted by Crippen LogP contribution is 2.32. The minimum Gasteiger partial charge on any atom is -0.481 e. The standard InChI is InChI=1S/C14H16BrNO2/c1-14(2,13(17)18)7-9-8-16(3)11-6-4-5-10(15)12(9)11/h4-6,8H,7H2,1-3H3,(H,17,18). The highest BCUT2D eigenvalue weighted by atomic mass is 79.9. The maximum atomic E-state index is 11.2.